The van der Waals surface area contributed by atoms with Crippen LogP contribution in [0.25, 0.3) is 0 Å². The van der Waals surface area contributed by atoms with E-state index in [-0.39, 0.29) is 0 Å². The highest BCUT2D eigenvalue weighted by atomic mass is 16.5. The fraction of sp³-hybridized carbons (Fsp3) is 0.600. The third-order valence-electron chi connectivity index (χ3n) is 3.47. The molecule has 1 aliphatic rings. The van der Waals surface area contributed by atoms with Gasteiger partial charge in [0.2, 0.25) is 0 Å². The van der Waals surface area contributed by atoms with Crippen LogP contribution in [0.5, 0.6) is 11.5 Å². The maximum Gasteiger partial charge on any atom is 0.119 e. The Hall–Kier alpha value is -1.22. The standard InChI is InChI=1S/C15H23NO2/c1-2-11-17-13-3-5-14(6-4-13)18-12-15(7-8-15)9-10-16/h3-6H,2,7-12,16H2,1H3. The van der Waals surface area contributed by atoms with Gasteiger partial charge in [0.1, 0.15) is 11.5 Å². The first kappa shape index (κ1) is 13.2. The van der Waals surface area contributed by atoms with E-state index in [1.807, 2.05) is 24.3 Å². The highest BCUT2D eigenvalue weighted by molar-refractivity contribution is 5.31. The zero-order chi connectivity index (χ0) is 12.8. The van der Waals surface area contributed by atoms with Crippen molar-refractivity contribution < 1.29 is 9.47 Å². The lowest BCUT2D eigenvalue weighted by Gasteiger charge is -2.15. The molecule has 2 N–H and O–H groups in total. The Morgan fingerprint density at radius 3 is 2.22 bits per heavy atom. The molecule has 1 aromatic rings. The molecule has 0 spiro atoms. The molecule has 0 radical (unpaired) electrons. The van der Waals surface area contributed by atoms with Crippen molar-refractivity contribution in [1.29, 1.82) is 0 Å². The van der Waals surface area contributed by atoms with Crippen LogP contribution in [0.4, 0.5) is 0 Å². The first-order valence-corrected chi connectivity index (χ1v) is 6.84. The molecule has 2 rings (SSSR count). The molecule has 0 unspecified atom stereocenters. The van der Waals surface area contributed by atoms with Gasteiger partial charge in [0.05, 0.1) is 13.2 Å². The maximum absolute atomic E-state index is 5.83. The molecule has 18 heavy (non-hydrogen) atoms. The molecule has 0 saturated heterocycles. The number of rotatable bonds is 8. The normalized spacial score (nSPS) is 16.3. The van der Waals surface area contributed by atoms with E-state index < -0.39 is 0 Å². The van der Waals surface area contributed by atoms with Gasteiger partial charge in [-0.15, -0.1) is 0 Å². The van der Waals surface area contributed by atoms with E-state index in [2.05, 4.69) is 6.92 Å². The van der Waals surface area contributed by atoms with Crippen LogP contribution in [0, 0.1) is 5.41 Å². The fourth-order valence-corrected chi connectivity index (χ4v) is 2.04. The van der Waals surface area contributed by atoms with Gasteiger partial charge in [-0.3, -0.25) is 0 Å². The third kappa shape index (κ3) is 3.64. The lowest BCUT2D eigenvalue weighted by Crippen LogP contribution is -2.17. The lowest BCUT2D eigenvalue weighted by atomic mass is 10.0. The van der Waals surface area contributed by atoms with Gasteiger partial charge in [0.15, 0.2) is 0 Å². The number of ether oxygens (including phenoxy) is 2. The number of benzene rings is 1. The molecule has 1 fully saturated rings. The van der Waals surface area contributed by atoms with Crippen LogP contribution in [-0.4, -0.2) is 19.8 Å². The van der Waals surface area contributed by atoms with Gasteiger partial charge in [-0.05, 0) is 56.5 Å². The van der Waals surface area contributed by atoms with E-state index in [1.165, 1.54) is 12.8 Å². The second kappa shape index (κ2) is 6.10. The minimum absolute atomic E-state index is 0.367. The minimum Gasteiger partial charge on any atom is -0.494 e. The van der Waals surface area contributed by atoms with E-state index in [4.69, 9.17) is 15.2 Å². The van der Waals surface area contributed by atoms with E-state index in [0.29, 0.717) is 5.41 Å². The van der Waals surface area contributed by atoms with Gasteiger partial charge in [-0.25, -0.2) is 0 Å². The highest BCUT2D eigenvalue weighted by Crippen LogP contribution is 2.48. The molecule has 1 aliphatic carbocycles. The summed E-state index contributed by atoms with van der Waals surface area (Å²) >= 11 is 0. The summed E-state index contributed by atoms with van der Waals surface area (Å²) in [5.74, 6) is 1.83. The largest absolute Gasteiger partial charge is 0.494 e. The molecule has 0 aromatic heterocycles. The molecule has 100 valence electrons. The Kier molecular flexibility index (Phi) is 4.48. The molecule has 1 saturated carbocycles. The van der Waals surface area contributed by atoms with Gasteiger partial charge < -0.3 is 15.2 Å². The molecule has 0 aliphatic heterocycles. The monoisotopic (exact) mass is 249 g/mol. The first-order chi connectivity index (χ1) is 8.78. The molecule has 0 heterocycles. The predicted molar refractivity (Wildman–Crippen MR) is 73.1 cm³/mol. The average Bonchev–Trinajstić information content (AvgIpc) is 3.16. The van der Waals surface area contributed by atoms with Gasteiger partial charge in [0, 0.05) is 5.41 Å². The van der Waals surface area contributed by atoms with E-state index in [1.54, 1.807) is 0 Å². The van der Waals surface area contributed by atoms with E-state index in [0.717, 1.165) is 44.1 Å². The van der Waals surface area contributed by atoms with Crippen molar-refractivity contribution in [3.63, 3.8) is 0 Å². The smallest absolute Gasteiger partial charge is 0.119 e. The molecule has 0 bridgehead atoms. The lowest BCUT2D eigenvalue weighted by molar-refractivity contribution is 0.226. The topological polar surface area (TPSA) is 44.5 Å². The van der Waals surface area contributed by atoms with Crippen LogP contribution in [0.2, 0.25) is 0 Å². The number of hydrogen-bond donors (Lipinski definition) is 1. The number of nitrogens with two attached hydrogens (primary N) is 1. The van der Waals surface area contributed by atoms with Crippen molar-refractivity contribution in [2.24, 2.45) is 11.1 Å². The third-order valence-corrected chi connectivity index (χ3v) is 3.47. The van der Waals surface area contributed by atoms with Crippen LogP contribution in [0.3, 0.4) is 0 Å². The van der Waals surface area contributed by atoms with Gasteiger partial charge in [-0.1, -0.05) is 6.92 Å². The second-order valence-electron chi connectivity index (χ2n) is 5.15. The van der Waals surface area contributed by atoms with Crippen molar-refractivity contribution in [2.75, 3.05) is 19.8 Å². The molecule has 0 atom stereocenters. The fourth-order valence-electron chi connectivity index (χ4n) is 2.04. The van der Waals surface area contributed by atoms with Crippen LogP contribution < -0.4 is 15.2 Å². The summed E-state index contributed by atoms with van der Waals surface area (Å²) in [5, 5.41) is 0. The van der Waals surface area contributed by atoms with Crippen LogP contribution in [0.1, 0.15) is 32.6 Å². The zero-order valence-corrected chi connectivity index (χ0v) is 11.2. The van der Waals surface area contributed by atoms with Crippen molar-refractivity contribution >= 4 is 0 Å². The minimum atomic E-state index is 0.367. The number of hydrogen-bond acceptors (Lipinski definition) is 3. The van der Waals surface area contributed by atoms with Gasteiger partial charge >= 0.3 is 0 Å². The molecule has 0 amide bonds. The SMILES string of the molecule is CCCOc1ccc(OCC2(CCN)CC2)cc1. The summed E-state index contributed by atoms with van der Waals surface area (Å²) in [6, 6.07) is 7.88. The van der Waals surface area contributed by atoms with E-state index >= 15 is 0 Å². The first-order valence-electron chi connectivity index (χ1n) is 6.84. The van der Waals surface area contributed by atoms with Crippen molar-refractivity contribution in [3.05, 3.63) is 24.3 Å². The molecule has 3 heteroatoms. The highest BCUT2D eigenvalue weighted by Gasteiger charge is 2.42. The van der Waals surface area contributed by atoms with Gasteiger partial charge in [0.25, 0.3) is 0 Å². The summed E-state index contributed by atoms with van der Waals surface area (Å²) in [4.78, 5) is 0. The van der Waals surface area contributed by atoms with Crippen LogP contribution >= 0.6 is 0 Å². The Labute approximate surface area is 109 Å². The van der Waals surface area contributed by atoms with Crippen molar-refractivity contribution in [3.8, 4) is 11.5 Å². The van der Waals surface area contributed by atoms with Crippen LogP contribution in [0.15, 0.2) is 24.3 Å². The average molecular weight is 249 g/mol. The quantitative estimate of drug-likeness (QED) is 0.770. The second-order valence-corrected chi connectivity index (χ2v) is 5.15. The predicted octanol–water partition coefficient (Wildman–Crippen LogP) is 2.98. The summed E-state index contributed by atoms with van der Waals surface area (Å²) in [6.07, 6.45) is 4.61. The van der Waals surface area contributed by atoms with Crippen LogP contribution in [-0.2, 0) is 0 Å². The zero-order valence-electron chi connectivity index (χ0n) is 11.2. The van der Waals surface area contributed by atoms with Crippen molar-refractivity contribution in [1.82, 2.24) is 0 Å². The Morgan fingerprint density at radius 2 is 1.72 bits per heavy atom. The van der Waals surface area contributed by atoms with Gasteiger partial charge in [-0.2, -0.15) is 0 Å². The molecular weight excluding hydrogens is 226 g/mol. The Balaban J connectivity index is 1.79. The molecular formula is C15H23NO2. The molecule has 3 nitrogen and oxygen atoms in total. The maximum atomic E-state index is 5.83. The summed E-state index contributed by atoms with van der Waals surface area (Å²) in [6.45, 7) is 4.41. The summed E-state index contributed by atoms with van der Waals surface area (Å²) in [7, 11) is 0. The Morgan fingerprint density at radius 1 is 1.11 bits per heavy atom. The van der Waals surface area contributed by atoms with Crippen molar-refractivity contribution in [2.45, 2.75) is 32.6 Å². The Bertz CT molecular complexity index is 357. The summed E-state index contributed by atoms with van der Waals surface area (Å²) in [5.41, 5.74) is 5.99. The molecule has 1 aromatic carbocycles. The summed E-state index contributed by atoms with van der Waals surface area (Å²) < 4.78 is 11.4. The van der Waals surface area contributed by atoms with E-state index in [9.17, 15) is 0 Å².